The van der Waals surface area contributed by atoms with Crippen LogP contribution in [-0.4, -0.2) is 75.5 Å². The molecule has 8 nitrogen and oxygen atoms in total. The zero-order valence-corrected chi connectivity index (χ0v) is 41.3. The Balaban J connectivity index is 4.23. The van der Waals surface area contributed by atoms with Gasteiger partial charge in [-0.1, -0.05) is 185 Å². The standard InChI is InChI=1S/C54H99NO7/c1-6-8-10-12-14-16-18-20-22-23-24-25-26-27-28-29-31-33-35-37-39-41-43-45-53(57)62-50(48-60-47-46-51(54(58)59)55(3,4)5)49-61-52(56)44-42-40-38-36-34-32-30-21-19-17-15-13-11-9-7-2/h17,19,24-25,27-28,50-51H,6-16,18,20-23,26,29-49H2,1-5H3/b19-17+,25-24+,28-27+. The molecule has 0 aromatic heterocycles. The van der Waals surface area contributed by atoms with E-state index in [1.54, 1.807) is 21.1 Å². The number of carbonyl (C=O) groups excluding carboxylic acids is 3. The molecule has 0 bridgehead atoms. The number of quaternary nitrogens is 1. The number of rotatable bonds is 47. The number of likely N-dealkylation sites (N-methyl/N-ethyl adjacent to an activating group) is 1. The number of hydrogen-bond donors (Lipinski definition) is 0. The highest BCUT2D eigenvalue weighted by atomic mass is 16.6. The van der Waals surface area contributed by atoms with E-state index in [0.717, 1.165) is 51.4 Å². The zero-order chi connectivity index (χ0) is 45.6. The summed E-state index contributed by atoms with van der Waals surface area (Å²) in [4.78, 5) is 37.0. The van der Waals surface area contributed by atoms with Gasteiger partial charge in [0.05, 0.1) is 40.3 Å². The van der Waals surface area contributed by atoms with Crippen molar-refractivity contribution in [1.82, 2.24) is 0 Å². The number of aliphatic carboxylic acids is 1. The van der Waals surface area contributed by atoms with Crippen LogP contribution in [0.1, 0.15) is 239 Å². The highest BCUT2D eigenvalue weighted by Gasteiger charge is 2.25. The normalized spacial score (nSPS) is 13.1. The van der Waals surface area contributed by atoms with Gasteiger partial charge in [-0.25, -0.2) is 0 Å². The fourth-order valence-corrected chi connectivity index (χ4v) is 7.69. The molecule has 0 N–H and O–H groups in total. The van der Waals surface area contributed by atoms with Crippen molar-refractivity contribution in [3.63, 3.8) is 0 Å². The van der Waals surface area contributed by atoms with Crippen LogP contribution in [0, 0.1) is 0 Å². The molecule has 0 aliphatic carbocycles. The van der Waals surface area contributed by atoms with Crippen LogP contribution in [0.4, 0.5) is 0 Å². The van der Waals surface area contributed by atoms with Gasteiger partial charge in [0, 0.05) is 19.3 Å². The van der Waals surface area contributed by atoms with E-state index >= 15 is 0 Å². The fraction of sp³-hybridized carbons (Fsp3) is 0.833. The lowest BCUT2D eigenvalue weighted by Gasteiger charge is -2.34. The Bertz CT molecular complexity index is 1110. The molecule has 0 aromatic rings. The number of esters is 2. The van der Waals surface area contributed by atoms with E-state index in [9.17, 15) is 19.5 Å². The number of carbonyl (C=O) groups is 3. The van der Waals surface area contributed by atoms with E-state index in [-0.39, 0.29) is 42.7 Å². The average Bonchev–Trinajstić information content (AvgIpc) is 3.23. The summed E-state index contributed by atoms with van der Waals surface area (Å²) >= 11 is 0. The van der Waals surface area contributed by atoms with Crippen molar-refractivity contribution < 1.29 is 38.2 Å². The summed E-state index contributed by atoms with van der Waals surface area (Å²) in [6.07, 6.45) is 53.2. The first kappa shape index (κ1) is 59.5. The van der Waals surface area contributed by atoms with Gasteiger partial charge in [0.15, 0.2) is 6.10 Å². The largest absolute Gasteiger partial charge is 0.544 e. The molecular formula is C54H99NO7. The van der Waals surface area contributed by atoms with Crippen molar-refractivity contribution in [1.29, 1.82) is 0 Å². The third-order valence-electron chi connectivity index (χ3n) is 11.7. The van der Waals surface area contributed by atoms with Gasteiger partial charge in [-0.3, -0.25) is 9.59 Å². The molecule has 0 fully saturated rings. The van der Waals surface area contributed by atoms with Crippen molar-refractivity contribution in [2.45, 2.75) is 251 Å². The molecule has 2 unspecified atom stereocenters. The van der Waals surface area contributed by atoms with Crippen molar-refractivity contribution >= 4 is 17.9 Å². The van der Waals surface area contributed by atoms with Gasteiger partial charge in [-0.15, -0.1) is 0 Å². The van der Waals surface area contributed by atoms with Gasteiger partial charge in [0.2, 0.25) is 0 Å². The highest BCUT2D eigenvalue weighted by Crippen LogP contribution is 2.15. The molecule has 0 amide bonds. The Morgan fingerprint density at radius 3 is 1.27 bits per heavy atom. The number of ether oxygens (including phenoxy) is 3. The lowest BCUT2D eigenvalue weighted by Crippen LogP contribution is -2.55. The first-order valence-corrected chi connectivity index (χ1v) is 26.0. The van der Waals surface area contributed by atoms with Gasteiger partial charge in [-0.05, 0) is 70.6 Å². The number of carboxylic acids is 1. The zero-order valence-electron chi connectivity index (χ0n) is 41.3. The second-order valence-electron chi connectivity index (χ2n) is 18.8. The van der Waals surface area contributed by atoms with E-state index in [0.29, 0.717) is 12.8 Å². The Morgan fingerprint density at radius 1 is 0.484 bits per heavy atom. The summed E-state index contributed by atoms with van der Waals surface area (Å²) in [5.74, 6) is -1.74. The molecule has 62 heavy (non-hydrogen) atoms. The maximum absolute atomic E-state index is 12.8. The van der Waals surface area contributed by atoms with Gasteiger partial charge in [-0.2, -0.15) is 0 Å². The molecule has 0 spiro atoms. The molecule has 0 heterocycles. The van der Waals surface area contributed by atoms with Crippen LogP contribution in [0.5, 0.6) is 0 Å². The molecule has 0 rings (SSSR count). The van der Waals surface area contributed by atoms with Gasteiger partial charge >= 0.3 is 11.9 Å². The van der Waals surface area contributed by atoms with Crippen LogP contribution >= 0.6 is 0 Å². The second-order valence-corrected chi connectivity index (χ2v) is 18.8. The second kappa shape index (κ2) is 45.1. The van der Waals surface area contributed by atoms with Crippen LogP contribution in [-0.2, 0) is 28.6 Å². The summed E-state index contributed by atoms with van der Waals surface area (Å²) < 4.78 is 17.2. The van der Waals surface area contributed by atoms with E-state index in [1.807, 2.05) is 0 Å². The Kier molecular flexibility index (Phi) is 43.3. The SMILES string of the molecule is CCCCCC/C=C/CCCCCCCCCC(=O)OCC(COCCC(C(=O)[O-])[N+](C)(C)C)OC(=O)CCCCCCCCC/C=C/C/C=C/CCCCCCCCCCC. The van der Waals surface area contributed by atoms with E-state index < -0.39 is 18.1 Å². The molecule has 8 heteroatoms. The first-order valence-electron chi connectivity index (χ1n) is 26.0. The van der Waals surface area contributed by atoms with E-state index in [1.165, 1.54) is 154 Å². The monoisotopic (exact) mass is 874 g/mol. The first-order chi connectivity index (χ1) is 30.1. The maximum atomic E-state index is 12.8. The summed E-state index contributed by atoms with van der Waals surface area (Å²) in [5, 5.41) is 11.7. The summed E-state index contributed by atoms with van der Waals surface area (Å²) in [7, 11) is 5.41. The molecule has 0 radical (unpaired) electrons. The lowest BCUT2D eigenvalue weighted by atomic mass is 10.1. The highest BCUT2D eigenvalue weighted by molar-refractivity contribution is 5.70. The van der Waals surface area contributed by atoms with Crippen LogP contribution in [0.2, 0.25) is 0 Å². The number of nitrogens with zero attached hydrogens (tertiary/aromatic N) is 1. The van der Waals surface area contributed by atoms with Gasteiger partial charge < -0.3 is 28.6 Å². The van der Waals surface area contributed by atoms with E-state index in [4.69, 9.17) is 14.2 Å². The molecule has 362 valence electrons. The third-order valence-corrected chi connectivity index (χ3v) is 11.7. The van der Waals surface area contributed by atoms with Crippen molar-refractivity contribution in [3.8, 4) is 0 Å². The van der Waals surface area contributed by atoms with Crippen LogP contribution in [0.3, 0.4) is 0 Å². The minimum absolute atomic E-state index is 0.0377. The molecule has 2 atom stereocenters. The molecule has 0 aliphatic heterocycles. The smallest absolute Gasteiger partial charge is 0.306 e. The van der Waals surface area contributed by atoms with Crippen LogP contribution in [0.25, 0.3) is 0 Å². The average molecular weight is 874 g/mol. The summed E-state index contributed by atoms with van der Waals surface area (Å²) in [6.45, 7) is 4.66. The molecular weight excluding hydrogens is 775 g/mol. The van der Waals surface area contributed by atoms with Crippen molar-refractivity contribution in [2.24, 2.45) is 0 Å². The fourth-order valence-electron chi connectivity index (χ4n) is 7.69. The van der Waals surface area contributed by atoms with Crippen molar-refractivity contribution in [2.75, 3.05) is 41.0 Å². The predicted octanol–water partition coefficient (Wildman–Crippen LogP) is 13.6. The third kappa shape index (κ3) is 42.8. The predicted molar refractivity (Wildman–Crippen MR) is 259 cm³/mol. The summed E-state index contributed by atoms with van der Waals surface area (Å²) in [5.41, 5.74) is 0. The number of hydrogen-bond acceptors (Lipinski definition) is 7. The van der Waals surface area contributed by atoms with Gasteiger partial charge in [0.1, 0.15) is 12.6 Å². The quantitative estimate of drug-likeness (QED) is 0.0260. The van der Waals surface area contributed by atoms with E-state index in [2.05, 4.69) is 50.3 Å². The Hall–Kier alpha value is -2.45. The number of carboxylic acid groups (broad SMARTS) is 1. The molecule has 0 aromatic carbocycles. The van der Waals surface area contributed by atoms with Crippen LogP contribution in [0.15, 0.2) is 36.5 Å². The number of unbranched alkanes of at least 4 members (excludes halogenated alkanes) is 27. The number of allylic oxidation sites excluding steroid dienone is 6. The van der Waals surface area contributed by atoms with Crippen LogP contribution < -0.4 is 5.11 Å². The molecule has 0 saturated carbocycles. The Labute approximate surface area is 383 Å². The Morgan fingerprint density at radius 2 is 0.855 bits per heavy atom. The van der Waals surface area contributed by atoms with Crippen molar-refractivity contribution in [3.05, 3.63) is 36.5 Å². The summed E-state index contributed by atoms with van der Waals surface area (Å²) in [6, 6.07) is -0.728. The molecule has 0 aliphatic rings. The molecule has 0 saturated heterocycles. The lowest BCUT2D eigenvalue weighted by molar-refractivity contribution is -0.889. The topological polar surface area (TPSA) is 102 Å². The van der Waals surface area contributed by atoms with Gasteiger partial charge in [0.25, 0.3) is 0 Å². The minimum atomic E-state index is -1.13. The maximum Gasteiger partial charge on any atom is 0.306 e. The minimum Gasteiger partial charge on any atom is -0.544 e.